The molecule has 0 aromatic heterocycles. The maximum Gasteiger partial charge on any atom is 0.269 e. The van der Waals surface area contributed by atoms with Crippen LogP contribution in [0.5, 0.6) is 0 Å². The van der Waals surface area contributed by atoms with E-state index in [9.17, 15) is 10.1 Å². The molecule has 0 radical (unpaired) electrons. The maximum absolute atomic E-state index is 10.8. The number of benzene rings is 2. The first kappa shape index (κ1) is 16.7. The molecule has 0 atom stereocenters. The fraction of sp³-hybridized carbons (Fsp3) is 0.167. The quantitative estimate of drug-likeness (QED) is 0.273. The van der Waals surface area contributed by atoms with Crippen LogP contribution in [0.15, 0.2) is 59.6 Å². The summed E-state index contributed by atoms with van der Waals surface area (Å²) in [7, 11) is -1.55. The van der Waals surface area contributed by atoms with Gasteiger partial charge in [-0.2, -0.15) is 0 Å². The van der Waals surface area contributed by atoms with Crippen molar-refractivity contribution in [2.24, 2.45) is 4.99 Å². The Balaban J connectivity index is 2.46. The molecule has 4 nitrogen and oxygen atoms in total. The van der Waals surface area contributed by atoms with Gasteiger partial charge in [0, 0.05) is 17.7 Å². The van der Waals surface area contributed by atoms with Crippen LogP contribution in [0, 0.1) is 21.6 Å². The van der Waals surface area contributed by atoms with Crippen molar-refractivity contribution < 1.29 is 4.92 Å². The highest BCUT2D eigenvalue weighted by Gasteiger charge is 2.10. The Kier molecular flexibility index (Phi) is 5.09. The van der Waals surface area contributed by atoms with E-state index in [2.05, 4.69) is 36.1 Å². The minimum absolute atomic E-state index is 0.0611. The van der Waals surface area contributed by atoms with Gasteiger partial charge >= 0.3 is 0 Å². The van der Waals surface area contributed by atoms with Gasteiger partial charge in [0.15, 0.2) is 0 Å². The Morgan fingerprint density at radius 2 is 1.65 bits per heavy atom. The zero-order valence-electron chi connectivity index (χ0n) is 13.4. The standard InChI is InChI=1S/C18H18N2O2Si/c1-23(2,3)14-13-18(19-16-7-5-4-6-8-16)15-9-11-17(12-10-15)20(21)22/h4-12H,1-3H3. The number of aliphatic imine (C=N–C) groups is 1. The SMILES string of the molecule is C[Si](C)(C)C#CC(=Nc1ccccc1)c1ccc([N+](=O)[O-])cc1. The molecule has 2 aromatic carbocycles. The van der Waals surface area contributed by atoms with Crippen molar-refractivity contribution in [2.45, 2.75) is 19.6 Å². The van der Waals surface area contributed by atoms with Crippen LogP contribution in [0.25, 0.3) is 0 Å². The predicted octanol–water partition coefficient (Wildman–Crippen LogP) is 4.60. The Morgan fingerprint density at radius 3 is 2.17 bits per heavy atom. The molecule has 0 aliphatic carbocycles. The lowest BCUT2D eigenvalue weighted by atomic mass is 10.1. The van der Waals surface area contributed by atoms with Crippen molar-refractivity contribution in [1.29, 1.82) is 0 Å². The summed E-state index contributed by atoms with van der Waals surface area (Å²) in [6, 6.07) is 15.9. The molecule has 5 heteroatoms. The molecule has 0 aliphatic heterocycles. The average molecular weight is 322 g/mol. The lowest BCUT2D eigenvalue weighted by Gasteiger charge is -2.05. The molecule has 0 heterocycles. The van der Waals surface area contributed by atoms with Crippen molar-refractivity contribution in [1.82, 2.24) is 0 Å². The summed E-state index contributed by atoms with van der Waals surface area (Å²) in [6.07, 6.45) is 0. The number of hydrogen-bond acceptors (Lipinski definition) is 3. The van der Waals surface area contributed by atoms with Gasteiger partial charge in [-0.15, -0.1) is 5.54 Å². The second-order valence-electron chi connectivity index (χ2n) is 6.10. The van der Waals surface area contributed by atoms with Gasteiger partial charge in [-0.25, -0.2) is 4.99 Å². The van der Waals surface area contributed by atoms with E-state index < -0.39 is 13.0 Å². The molecule has 0 spiro atoms. The van der Waals surface area contributed by atoms with Crippen LogP contribution in [-0.2, 0) is 0 Å². The van der Waals surface area contributed by atoms with Crippen LogP contribution in [0.3, 0.4) is 0 Å². The molecule has 2 rings (SSSR count). The fourth-order valence-corrected chi connectivity index (χ4v) is 2.28. The average Bonchev–Trinajstić information content (AvgIpc) is 2.51. The minimum Gasteiger partial charge on any atom is -0.258 e. The van der Waals surface area contributed by atoms with Crippen LogP contribution in [0.2, 0.25) is 19.6 Å². The van der Waals surface area contributed by atoms with Crippen molar-refractivity contribution >= 4 is 25.2 Å². The number of rotatable bonds is 3. The predicted molar refractivity (Wildman–Crippen MR) is 96.9 cm³/mol. The summed E-state index contributed by atoms with van der Waals surface area (Å²) in [5.74, 6) is 3.17. The molecule has 23 heavy (non-hydrogen) atoms. The smallest absolute Gasteiger partial charge is 0.258 e. The molecule has 0 saturated heterocycles. The summed E-state index contributed by atoms with van der Waals surface area (Å²) in [6.45, 7) is 6.49. The minimum atomic E-state index is -1.55. The number of nitro benzene ring substituents is 1. The van der Waals surface area contributed by atoms with Gasteiger partial charge in [0.1, 0.15) is 13.8 Å². The zero-order valence-corrected chi connectivity index (χ0v) is 14.4. The third kappa shape index (κ3) is 5.20. The fourth-order valence-electron chi connectivity index (χ4n) is 1.78. The third-order valence-electron chi connectivity index (χ3n) is 2.90. The molecule has 0 N–H and O–H groups in total. The highest BCUT2D eigenvalue weighted by Crippen LogP contribution is 2.16. The van der Waals surface area contributed by atoms with E-state index in [0.717, 1.165) is 11.3 Å². The van der Waals surface area contributed by atoms with Crippen LogP contribution in [0.4, 0.5) is 11.4 Å². The van der Waals surface area contributed by atoms with Crippen LogP contribution in [-0.4, -0.2) is 18.7 Å². The van der Waals surface area contributed by atoms with Gasteiger partial charge in [0.2, 0.25) is 0 Å². The molecule has 0 fully saturated rings. The van der Waals surface area contributed by atoms with Gasteiger partial charge in [-0.05, 0) is 24.3 Å². The normalized spacial score (nSPS) is 11.5. The molecular formula is C18H18N2O2Si. The number of nitro groups is 1. The van der Waals surface area contributed by atoms with Crippen molar-refractivity contribution in [3.63, 3.8) is 0 Å². The Labute approximate surface area is 137 Å². The second kappa shape index (κ2) is 7.03. The van der Waals surface area contributed by atoms with E-state index in [4.69, 9.17) is 0 Å². The zero-order chi connectivity index (χ0) is 16.9. The summed E-state index contributed by atoms with van der Waals surface area (Å²) >= 11 is 0. The summed E-state index contributed by atoms with van der Waals surface area (Å²) in [5.41, 5.74) is 5.59. The van der Waals surface area contributed by atoms with E-state index in [-0.39, 0.29) is 5.69 Å². The molecule has 2 aromatic rings. The lowest BCUT2D eigenvalue weighted by Crippen LogP contribution is -2.17. The van der Waals surface area contributed by atoms with E-state index >= 15 is 0 Å². The second-order valence-corrected chi connectivity index (χ2v) is 10.8. The number of hydrogen-bond donors (Lipinski definition) is 0. The van der Waals surface area contributed by atoms with Gasteiger partial charge in [0.25, 0.3) is 5.69 Å². The summed E-state index contributed by atoms with van der Waals surface area (Å²) < 4.78 is 0. The van der Waals surface area contributed by atoms with E-state index in [1.807, 2.05) is 30.3 Å². The van der Waals surface area contributed by atoms with Crippen LogP contribution < -0.4 is 0 Å². The van der Waals surface area contributed by atoms with E-state index in [1.165, 1.54) is 12.1 Å². The largest absolute Gasteiger partial charge is 0.269 e. The Morgan fingerprint density at radius 1 is 1.04 bits per heavy atom. The van der Waals surface area contributed by atoms with Gasteiger partial charge in [-0.3, -0.25) is 10.1 Å². The number of para-hydroxylation sites is 1. The van der Waals surface area contributed by atoms with Crippen LogP contribution >= 0.6 is 0 Å². The first-order chi connectivity index (χ1) is 10.8. The Hall–Kier alpha value is -2.71. The van der Waals surface area contributed by atoms with Gasteiger partial charge in [-0.1, -0.05) is 43.8 Å². The Bertz CT molecular complexity index is 780. The molecule has 0 amide bonds. The molecule has 0 unspecified atom stereocenters. The van der Waals surface area contributed by atoms with Crippen LogP contribution in [0.1, 0.15) is 5.56 Å². The molecule has 0 aliphatic rings. The summed E-state index contributed by atoms with van der Waals surface area (Å²) in [4.78, 5) is 15.0. The molecule has 0 saturated carbocycles. The molecule has 116 valence electrons. The molecular weight excluding hydrogens is 304 g/mol. The highest BCUT2D eigenvalue weighted by atomic mass is 28.3. The van der Waals surface area contributed by atoms with Crippen molar-refractivity contribution in [3.05, 3.63) is 70.3 Å². The summed E-state index contributed by atoms with van der Waals surface area (Å²) in [5, 5.41) is 10.8. The van der Waals surface area contributed by atoms with E-state index in [0.29, 0.717) is 5.71 Å². The number of non-ortho nitro benzene ring substituents is 1. The van der Waals surface area contributed by atoms with Crippen molar-refractivity contribution in [3.8, 4) is 11.5 Å². The van der Waals surface area contributed by atoms with Gasteiger partial charge < -0.3 is 0 Å². The molecule has 0 bridgehead atoms. The highest BCUT2D eigenvalue weighted by molar-refractivity contribution is 6.84. The monoisotopic (exact) mass is 322 g/mol. The third-order valence-corrected chi connectivity index (χ3v) is 3.78. The number of nitrogens with zero attached hydrogens (tertiary/aromatic N) is 2. The maximum atomic E-state index is 10.8. The van der Waals surface area contributed by atoms with Crippen molar-refractivity contribution in [2.75, 3.05) is 0 Å². The first-order valence-corrected chi connectivity index (χ1v) is 10.8. The lowest BCUT2D eigenvalue weighted by molar-refractivity contribution is -0.384. The topological polar surface area (TPSA) is 55.5 Å². The first-order valence-electron chi connectivity index (χ1n) is 7.27. The van der Waals surface area contributed by atoms with E-state index in [1.54, 1.807) is 12.1 Å². The van der Waals surface area contributed by atoms with Gasteiger partial charge in [0.05, 0.1) is 10.6 Å².